The van der Waals surface area contributed by atoms with Gasteiger partial charge in [0.2, 0.25) is 0 Å². The second-order valence-electron chi connectivity index (χ2n) is 5.60. The highest BCUT2D eigenvalue weighted by molar-refractivity contribution is 7.20. The van der Waals surface area contributed by atoms with Crippen molar-refractivity contribution in [2.75, 3.05) is 24.3 Å². The van der Waals surface area contributed by atoms with Gasteiger partial charge in [-0.1, -0.05) is 6.07 Å². The number of pyridine rings is 1. The van der Waals surface area contributed by atoms with Crippen LogP contribution in [0.3, 0.4) is 0 Å². The van der Waals surface area contributed by atoms with Gasteiger partial charge >= 0.3 is 5.97 Å². The van der Waals surface area contributed by atoms with Crippen molar-refractivity contribution in [3.8, 4) is 0 Å². The first-order valence-electron chi connectivity index (χ1n) is 7.84. The van der Waals surface area contributed by atoms with E-state index in [1.807, 2.05) is 24.9 Å². The van der Waals surface area contributed by atoms with Crippen LogP contribution in [0, 0.1) is 6.92 Å². The Balaban J connectivity index is 1.98. The van der Waals surface area contributed by atoms with Gasteiger partial charge in [-0.2, -0.15) is 0 Å². The monoisotopic (exact) mass is 357 g/mol. The van der Waals surface area contributed by atoms with Crippen molar-refractivity contribution in [2.24, 2.45) is 0 Å². The van der Waals surface area contributed by atoms with Crippen LogP contribution in [-0.2, 0) is 11.3 Å². The predicted octanol–water partition coefficient (Wildman–Crippen LogP) is 2.79. The minimum Gasteiger partial charge on any atom is -0.462 e. The van der Waals surface area contributed by atoms with Crippen LogP contribution in [0.2, 0.25) is 0 Å². The first-order chi connectivity index (χ1) is 12.0. The Morgan fingerprint density at radius 1 is 1.32 bits per heavy atom. The van der Waals surface area contributed by atoms with Gasteiger partial charge in [0, 0.05) is 19.8 Å². The maximum atomic E-state index is 12.1. The van der Waals surface area contributed by atoms with Crippen LogP contribution in [0.25, 0.3) is 10.2 Å². The van der Waals surface area contributed by atoms with Gasteiger partial charge in [-0.3, -0.25) is 0 Å². The molecule has 130 valence electrons. The maximum Gasteiger partial charge on any atom is 0.348 e. The second-order valence-corrected chi connectivity index (χ2v) is 6.60. The van der Waals surface area contributed by atoms with Crippen molar-refractivity contribution in [2.45, 2.75) is 20.4 Å². The first kappa shape index (κ1) is 17.1. The summed E-state index contributed by atoms with van der Waals surface area (Å²) in [6, 6.07) is 3.70. The van der Waals surface area contributed by atoms with E-state index in [-0.39, 0.29) is 5.97 Å². The molecule has 0 aromatic carbocycles. The molecule has 0 aliphatic heterocycles. The second kappa shape index (κ2) is 7.02. The third kappa shape index (κ3) is 3.39. The van der Waals surface area contributed by atoms with Gasteiger partial charge in [0.1, 0.15) is 27.7 Å². The number of thiophene rings is 1. The lowest BCUT2D eigenvalue weighted by Gasteiger charge is -2.19. The van der Waals surface area contributed by atoms with E-state index >= 15 is 0 Å². The summed E-state index contributed by atoms with van der Waals surface area (Å²) in [6.07, 6.45) is 3.26. The number of carbonyl (C=O) groups is 1. The minimum absolute atomic E-state index is 0.320. The molecule has 8 heteroatoms. The molecule has 0 aliphatic rings. The van der Waals surface area contributed by atoms with Crippen LogP contribution in [0.5, 0.6) is 0 Å². The van der Waals surface area contributed by atoms with Crippen molar-refractivity contribution < 1.29 is 9.53 Å². The molecule has 0 amide bonds. The molecule has 0 fully saturated rings. The Bertz CT molecular complexity index is 907. The molecule has 0 aliphatic carbocycles. The maximum absolute atomic E-state index is 12.1. The number of fused-ring (bicyclic) bond motifs is 1. The predicted molar refractivity (Wildman–Crippen MR) is 98.9 cm³/mol. The fourth-order valence-corrected chi connectivity index (χ4v) is 3.65. The molecule has 7 nitrogen and oxygen atoms in total. The third-order valence-corrected chi connectivity index (χ3v) is 4.98. The molecule has 3 rings (SSSR count). The Hall–Kier alpha value is -2.74. The Labute approximate surface area is 149 Å². The number of nitrogen functional groups attached to an aromatic ring is 1. The van der Waals surface area contributed by atoms with Gasteiger partial charge in [0.15, 0.2) is 0 Å². The number of nitrogens with zero attached hydrogens (tertiary/aromatic N) is 4. The van der Waals surface area contributed by atoms with Gasteiger partial charge in [0.25, 0.3) is 0 Å². The van der Waals surface area contributed by atoms with E-state index in [2.05, 4.69) is 15.0 Å². The summed E-state index contributed by atoms with van der Waals surface area (Å²) in [4.78, 5) is 28.3. The molecule has 25 heavy (non-hydrogen) atoms. The number of esters is 1. The standard InChI is InChI=1S/C17H19N5O2S/c1-4-24-17(23)14-10(2)13-15(20-9-21-16(13)25-14)22(3)8-11-5-6-12(18)19-7-11/h5-7,9H,4,8H2,1-3H3,(H2,18,19). The molecule has 3 aromatic heterocycles. The number of nitrogens with two attached hydrogens (primary N) is 1. The molecule has 0 saturated carbocycles. The van der Waals surface area contributed by atoms with Gasteiger partial charge in [-0.25, -0.2) is 19.7 Å². The van der Waals surface area contributed by atoms with Crippen LogP contribution in [0.4, 0.5) is 11.6 Å². The SMILES string of the molecule is CCOC(=O)c1sc2ncnc(N(C)Cc3ccc(N)nc3)c2c1C. The number of carbonyl (C=O) groups excluding carboxylic acids is 1. The van der Waals surface area contributed by atoms with Gasteiger partial charge in [-0.15, -0.1) is 11.3 Å². The number of ether oxygens (including phenoxy) is 1. The summed E-state index contributed by atoms with van der Waals surface area (Å²) in [6.45, 7) is 4.65. The van der Waals surface area contributed by atoms with Crippen molar-refractivity contribution in [1.29, 1.82) is 0 Å². The van der Waals surface area contributed by atoms with E-state index in [4.69, 9.17) is 10.5 Å². The van der Waals surface area contributed by atoms with Crippen molar-refractivity contribution in [3.05, 3.63) is 40.7 Å². The third-order valence-electron chi connectivity index (χ3n) is 3.80. The molecule has 3 aromatic rings. The highest BCUT2D eigenvalue weighted by Gasteiger charge is 2.21. The molecule has 3 heterocycles. The fourth-order valence-electron chi connectivity index (χ4n) is 2.61. The Morgan fingerprint density at radius 2 is 2.12 bits per heavy atom. The highest BCUT2D eigenvalue weighted by Crippen LogP contribution is 2.35. The largest absolute Gasteiger partial charge is 0.462 e. The number of aryl methyl sites for hydroxylation is 1. The molecule has 0 atom stereocenters. The van der Waals surface area contributed by atoms with Crippen LogP contribution in [-0.4, -0.2) is 34.6 Å². The van der Waals surface area contributed by atoms with E-state index in [0.717, 1.165) is 27.2 Å². The molecule has 0 saturated heterocycles. The summed E-state index contributed by atoms with van der Waals surface area (Å²) in [7, 11) is 1.94. The number of hydrogen-bond donors (Lipinski definition) is 1. The quantitative estimate of drug-likeness (QED) is 0.702. The van der Waals surface area contributed by atoms with Gasteiger partial charge in [-0.05, 0) is 31.0 Å². The van der Waals surface area contributed by atoms with E-state index in [1.54, 1.807) is 19.2 Å². The summed E-state index contributed by atoms with van der Waals surface area (Å²) >= 11 is 1.33. The summed E-state index contributed by atoms with van der Waals surface area (Å²) in [5, 5.41) is 0.876. The zero-order valence-corrected chi connectivity index (χ0v) is 15.1. The molecular weight excluding hydrogens is 338 g/mol. The smallest absolute Gasteiger partial charge is 0.348 e. The van der Waals surface area contributed by atoms with Crippen molar-refractivity contribution >= 4 is 39.2 Å². The lowest BCUT2D eigenvalue weighted by Crippen LogP contribution is -2.18. The molecule has 0 unspecified atom stereocenters. The number of anilines is 2. The molecule has 0 bridgehead atoms. The average Bonchev–Trinajstić information content (AvgIpc) is 2.94. The van der Waals surface area contributed by atoms with Crippen LogP contribution in [0.15, 0.2) is 24.7 Å². The van der Waals surface area contributed by atoms with Crippen LogP contribution >= 0.6 is 11.3 Å². The molecule has 0 radical (unpaired) electrons. The highest BCUT2D eigenvalue weighted by atomic mass is 32.1. The molecular formula is C17H19N5O2S. The number of hydrogen-bond acceptors (Lipinski definition) is 8. The molecule has 0 spiro atoms. The van der Waals surface area contributed by atoms with Crippen molar-refractivity contribution in [3.63, 3.8) is 0 Å². The lowest BCUT2D eigenvalue weighted by atomic mass is 10.2. The Morgan fingerprint density at radius 3 is 2.80 bits per heavy atom. The van der Waals surface area contributed by atoms with Gasteiger partial charge < -0.3 is 15.4 Å². The summed E-state index contributed by atoms with van der Waals surface area (Å²) < 4.78 is 5.14. The van der Waals surface area contributed by atoms with E-state index in [9.17, 15) is 4.79 Å². The topological polar surface area (TPSA) is 94.2 Å². The first-order valence-corrected chi connectivity index (χ1v) is 8.65. The average molecular weight is 357 g/mol. The summed E-state index contributed by atoms with van der Waals surface area (Å²) in [5.74, 6) is 0.939. The number of rotatable bonds is 5. The van der Waals surface area contributed by atoms with Gasteiger partial charge in [0.05, 0.1) is 12.0 Å². The van der Waals surface area contributed by atoms with Crippen LogP contribution < -0.4 is 10.6 Å². The van der Waals surface area contributed by atoms with E-state index in [0.29, 0.717) is 23.8 Å². The Kier molecular flexibility index (Phi) is 4.80. The normalized spacial score (nSPS) is 10.8. The van der Waals surface area contributed by atoms with Crippen molar-refractivity contribution in [1.82, 2.24) is 15.0 Å². The minimum atomic E-state index is -0.320. The zero-order valence-electron chi connectivity index (χ0n) is 14.3. The zero-order chi connectivity index (χ0) is 18.0. The molecule has 2 N–H and O–H groups in total. The lowest BCUT2D eigenvalue weighted by molar-refractivity contribution is 0.0531. The summed E-state index contributed by atoms with van der Waals surface area (Å²) in [5.41, 5.74) is 7.49. The van der Waals surface area contributed by atoms with E-state index in [1.165, 1.54) is 17.7 Å². The van der Waals surface area contributed by atoms with E-state index < -0.39 is 0 Å². The van der Waals surface area contributed by atoms with Crippen LogP contribution in [0.1, 0.15) is 27.7 Å². The fraction of sp³-hybridized carbons (Fsp3) is 0.294. The number of aromatic nitrogens is 3.